The predicted molar refractivity (Wildman–Crippen MR) is 132 cm³/mol. The number of nitrogens with zero attached hydrogens (tertiary/aromatic N) is 2. The lowest BCUT2D eigenvalue weighted by molar-refractivity contribution is 0.259. The summed E-state index contributed by atoms with van der Waals surface area (Å²) in [5.41, 5.74) is 8.16. The van der Waals surface area contributed by atoms with Crippen molar-refractivity contribution in [3.8, 4) is 17.2 Å². The molecule has 2 aromatic carbocycles. The summed E-state index contributed by atoms with van der Waals surface area (Å²) in [5.74, 6) is 2.69. The van der Waals surface area contributed by atoms with E-state index in [1.165, 1.54) is 0 Å². The fourth-order valence-corrected chi connectivity index (χ4v) is 2.71. The molecule has 0 aliphatic rings. The fourth-order valence-electron chi connectivity index (χ4n) is 2.71. The molecule has 0 saturated heterocycles. The second kappa shape index (κ2) is 13.9. The lowest BCUT2D eigenvalue weighted by Crippen LogP contribution is -2.33. The van der Waals surface area contributed by atoms with E-state index in [0.29, 0.717) is 25.7 Å². The second-order valence-corrected chi connectivity index (χ2v) is 6.83. The van der Waals surface area contributed by atoms with E-state index < -0.39 is 0 Å². The highest BCUT2D eigenvalue weighted by molar-refractivity contribution is 14.0. The Morgan fingerprint density at radius 2 is 1.77 bits per heavy atom. The number of nitrogens with one attached hydrogen (secondary N) is 1. The zero-order valence-corrected chi connectivity index (χ0v) is 20.5. The van der Waals surface area contributed by atoms with Crippen molar-refractivity contribution in [2.45, 2.75) is 13.0 Å². The van der Waals surface area contributed by atoms with Gasteiger partial charge in [-0.3, -0.25) is 0 Å². The molecule has 0 aromatic heterocycles. The number of benzene rings is 2. The molecule has 8 heteroatoms. The van der Waals surface area contributed by atoms with Gasteiger partial charge in [0.15, 0.2) is 17.5 Å². The number of likely N-dealkylation sites (N-methyl/N-ethyl adjacent to an activating group) is 1. The van der Waals surface area contributed by atoms with Crippen LogP contribution in [0.15, 0.2) is 47.5 Å². The number of para-hydroxylation sites is 1. The van der Waals surface area contributed by atoms with E-state index in [-0.39, 0.29) is 24.0 Å². The van der Waals surface area contributed by atoms with E-state index in [2.05, 4.69) is 15.2 Å². The van der Waals surface area contributed by atoms with Gasteiger partial charge in [0.2, 0.25) is 0 Å². The van der Waals surface area contributed by atoms with Crippen molar-refractivity contribution in [3.05, 3.63) is 53.6 Å². The van der Waals surface area contributed by atoms with Gasteiger partial charge in [-0.1, -0.05) is 24.3 Å². The highest BCUT2D eigenvalue weighted by Gasteiger charge is 2.05. The van der Waals surface area contributed by atoms with Gasteiger partial charge in [0, 0.05) is 18.7 Å². The summed E-state index contributed by atoms with van der Waals surface area (Å²) in [4.78, 5) is 6.52. The summed E-state index contributed by atoms with van der Waals surface area (Å²) in [6, 6.07) is 13.8. The third-order valence-corrected chi connectivity index (χ3v) is 4.36. The minimum absolute atomic E-state index is 0. The second-order valence-electron chi connectivity index (χ2n) is 6.83. The number of ether oxygens (including phenoxy) is 3. The van der Waals surface area contributed by atoms with Gasteiger partial charge in [-0.25, -0.2) is 4.99 Å². The highest BCUT2D eigenvalue weighted by Crippen LogP contribution is 2.27. The van der Waals surface area contributed by atoms with Gasteiger partial charge >= 0.3 is 0 Å². The van der Waals surface area contributed by atoms with E-state index in [1.54, 1.807) is 14.2 Å². The third kappa shape index (κ3) is 8.66. The van der Waals surface area contributed by atoms with Crippen molar-refractivity contribution in [1.29, 1.82) is 0 Å². The van der Waals surface area contributed by atoms with Crippen LogP contribution in [0.25, 0.3) is 0 Å². The Hall–Kier alpha value is -2.20. The Kier molecular flexibility index (Phi) is 12.0. The van der Waals surface area contributed by atoms with Crippen molar-refractivity contribution in [1.82, 2.24) is 10.2 Å². The molecule has 0 aliphatic carbocycles. The van der Waals surface area contributed by atoms with Crippen LogP contribution in [0.3, 0.4) is 0 Å². The Balaban J connectivity index is 0.00000450. The molecule has 7 nitrogen and oxygen atoms in total. The molecule has 0 bridgehead atoms. The molecular weight excluding hydrogens is 495 g/mol. The molecule has 0 spiro atoms. The molecule has 0 heterocycles. The molecule has 0 fully saturated rings. The summed E-state index contributed by atoms with van der Waals surface area (Å²) < 4.78 is 16.5. The van der Waals surface area contributed by atoms with Crippen LogP contribution in [0, 0.1) is 0 Å². The van der Waals surface area contributed by atoms with Crippen molar-refractivity contribution < 1.29 is 14.2 Å². The number of guanidine groups is 1. The van der Waals surface area contributed by atoms with Crippen LogP contribution in [0.1, 0.15) is 11.1 Å². The van der Waals surface area contributed by atoms with Crippen molar-refractivity contribution >= 4 is 29.9 Å². The van der Waals surface area contributed by atoms with E-state index in [9.17, 15) is 0 Å². The number of halogens is 1. The minimum atomic E-state index is 0. The molecular formula is C22H33IN4O3. The smallest absolute Gasteiger partial charge is 0.188 e. The molecule has 0 unspecified atom stereocenters. The predicted octanol–water partition coefficient (Wildman–Crippen LogP) is 2.91. The molecule has 0 atom stereocenters. The van der Waals surface area contributed by atoms with Crippen LogP contribution in [0.4, 0.5) is 0 Å². The van der Waals surface area contributed by atoms with Crippen molar-refractivity contribution in [2.75, 3.05) is 48.0 Å². The fraction of sp³-hybridized carbons (Fsp3) is 0.409. The number of nitrogens with two attached hydrogens (primary N) is 1. The van der Waals surface area contributed by atoms with Crippen LogP contribution in [-0.4, -0.2) is 58.9 Å². The quantitative estimate of drug-likeness (QED) is 0.265. The monoisotopic (exact) mass is 528 g/mol. The first-order valence-electron chi connectivity index (χ1n) is 9.63. The minimum Gasteiger partial charge on any atom is -0.493 e. The average molecular weight is 528 g/mol. The van der Waals surface area contributed by atoms with Gasteiger partial charge in [0.1, 0.15) is 12.4 Å². The van der Waals surface area contributed by atoms with Gasteiger partial charge in [0.05, 0.1) is 20.8 Å². The average Bonchev–Trinajstić information content (AvgIpc) is 2.72. The summed E-state index contributed by atoms with van der Waals surface area (Å²) in [6.07, 6.45) is 0.792. The molecule has 3 N–H and O–H groups in total. The van der Waals surface area contributed by atoms with Crippen LogP contribution in [0.5, 0.6) is 17.2 Å². The lowest BCUT2D eigenvalue weighted by atomic mass is 10.1. The molecule has 2 aromatic rings. The van der Waals surface area contributed by atoms with Crippen LogP contribution >= 0.6 is 24.0 Å². The number of hydrogen-bond donors (Lipinski definition) is 2. The maximum atomic E-state index is 6.02. The SMILES string of the molecule is COc1ccc(CCNC(N)=NCc2ccccc2OCCN(C)C)cc1OC.I. The lowest BCUT2D eigenvalue weighted by Gasteiger charge is -2.13. The van der Waals surface area contributed by atoms with Crippen LogP contribution in [0.2, 0.25) is 0 Å². The molecule has 30 heavy (non-hydrogen) atoms. The first kappa shape index (κ1) is 25.8. The zero-order valence-electron chi connectivity index (χ0n) is 18.2. The standard InChI is InChI=1S/C22H32N4O3.HI/c1-26(2)13-14-29-19-8-6-5-7-18(19)16-25-22(23)24-12-11-17-9-10-20(27-3)21(15-17)28-4;/h5-10,15H,11-14,16H2,1-4H3,(H3,23,24,25);1H. The molecule has 166 valence electrons. The zero-order chi connectivity index (χ0) is 21.1. The van der Waals surface area contributed by atoms with E-state index in [4.69, 9.17) is 19.9 Å². The Labute approximate surface area is 196 Å². The van der Waals surface area contributed by atoms with Gasteiger partial charge in [-0.15, -0.1) is 24.0 Å². The van der Waals surface area contributed by atoms with Crippen LogP contribution in [-0.2, 0) is 13.0 Å². The summed E-state index contributed by atoms with van der Waals surface area (Å²) >= 11 is 0. The molecule has 0 saturated carbocycles. The van der Waals surface area contributed by atoms with E-state index in [0.717, 1.165) is 41.3 Å². The van der Waals surface area contributed by atoms with Gasteiger partial charge < -0.3 is 30.2 Å². The summed E-state index contributed by atoms with van der Waals surface area (Å²) in [7, 11) is 7.30. The third-order valence-electron chi connectivity index (χ3n) is 4.36. The Bertz CT molecular complexity index is 800. The number of methoxy groups -OCH3 is 2. The molecule has 0 radical (unpaired) electrons. The Morgan fingerprint density at radius 3 is 2.47 bits per heavy atom. The van der Waals surface area contributed by atoms with Crippen molar-refractivity contribution in [3.63, 3.8) is 0 Å². The summed E-state index contributed by atoms with van der Waals surface area (Å²) in [5, 5.41) is 3.15. The van der Waals surface area contributed by atoms with Gasteiger partial charge in [0.25, 0.3) is 0 Å². The largest absolute Gasteiger partial charge is 0.493 e. The van der Waals surface area contributed by atoms with Crippen LogP contribution < -0.4 is 25.3 Å². The number of hydrogen-bond acceptors (Lipinski definition) is 5. The molecule has 0 amide bonds. The van der Waals surface area contributed by atoms with Crippen molar-refractivity contribution in [2.24, 2.45) is 10.7 Å². The topological polar surface area (TPSA) is 81.3 Å². The normalized spacial score (nSPS) is 11.0. The van der Waals surface area contributed by atoms with E-state index in [1.807, 2.05) is 56.6 Å². The maximum Gasteiger partial charge on any atom is 0.188 e. The molecule has 0 aliphatic heterocycles. The number of rotatable bonds is 11. The molecule has 2 rings (SSSR count). The first-order valence-corrected chi connectivity index (χ1v) is 9.63. The highest BCUT2D eigenvalue weighted by atomic mass is 127. The van der Waals surface area contributed by atoms with Gasteiger partial charge in [-0.2, -0.15) is 0 Å². The maximum absolute atomic E-state index is 6.02. The van der Waals surface area contributed by atoms with E-state index >= 15 is 0 Å². The number of aliphatic imine (C=N–C) groups is 1. The van der Waals surface area contributed by atoms with Gasteiger partial charge in [-0.05, 0) is 44.3 Å². The first-order chi connectivity index (χ1) is 14.0. The Morgan fingerprint density at radius 1 is 1.03 bits per heavy atom. The summed E-state index contributed by atoms with van der Waals surface area (Å²) in [6.45, 7) is 2.63.